The predicted octanol–water partition coefficient (Wildman–Crippen LogP) is 1.04. The van der Waals surface area contributed by atoms with Gasteiger partial charge in [-0.2, -0.15) is 0 Å². The van der Waals surface area contributed by atoms with Gasteiger partial charge in [0.2, 0.25) is 5.82 Å². The first-order valence-electron chi connectivity index (χ1n) is 5.37. The Kier molecular flexibility index (Phi) is 2.46. The minimum Gasteiger partial charge on any atom is -0.344 e. The summed E-state index contributed by atoms with van der Waals surface area (Å²) in [5, 5.41) is 9.58. The normalized spacial score (nSPS) is 18.3. The van der Waals surface area contributed by atoms with Crippen molar-refractivity contribution in [2.75, 3.05) is 0 Å². The fourth-order valence-electron chi connectivity index (χ4n) is 1.72. The molecule has 0 aliphatic heterocycles. The van der Waals surface area contributed by atoms with Gasteiger partial charge >= 0.3 is 0 Å². The number of aromatic nitrogens is 3. The van der Waals surface area contributed by atoms with Gasteiger partial charge in [0.25, 0.3) is 5.91 Å². The topological polar surface area (TPSA) is 70.7 Å². The largest absolute Gasteiger partial charge is 0.344 e. The molecule has 1 amide bonds. The number of aromatic amines is 1. The second-order valence-electron chi connectivity index (χ2n) is 4.33. The third-order valence-corrected chi connectivity index (χ3v) is 2.94. The zero-order valence-electron chi connectivity index (χ0n) is 9.13. The molecule has 0 saturated heterocycles. The third kappa shape index (κ3) is 2.00. The van der Waals surface area contributed by atoms with Crippen LogP contribution in [0.5, 0.6) is 0 Å². The summed E-state index contributed by atoms with van der Waals surface area (Å²) >= 11 is 0. The van der Waals surface area contributed by atoms with Crippen LogP contribution in [0, 0.1) is 0 Å². The standard InChI is InChI=1S/C10H16N4O/c1-3-7-11-8(14-13-7)9(15)12-10(2)5-4-6-10/h3-6H2,1-2H3,(H,12,15)(H,11,13,14). The van der Waals surface area contributed by atoms with Gasteiger partial charge in [-0.1, -0.05) is 6.92 Å². The van der Waals surface area contributed by atoms with Crippen molar-refractivity contribution in [2.45, 2.75) is 45.1 Å². The van der Waals surface area contributed by atoms with Crippen LogP contribution in [0.2, 0.25) is 0 Å². The first-order chi connectivity index (χ1) is 7.13. The lowest BCUT2D eigenvalue weighted by Gasteiger charge is -2.38. The molecule has 0 spiro atoms. The van der Waals surface area contributed by atoms with Crippen molar-refractivity contribution in [3.63, 3.8) is 0 Å². The average molecular weight is 208 g/mol. The van der Waals surface area contributed by atoms with Crippen molar-refractivity contribution in [2.24, 2.45) is 0 Å². The molecule has 2 rings (SSSR count). The molecule has 82 valence electrons. The van der Waals surface area contributed by atoms with Gasteiger partial charge < -0.3 is 5.32 Å². The van der Waals surface area contributed by atoms with Crippen LogP contribution in [0.4, 0.5) is 0 Å². The van der Waals surface area contributed by atoms with Gasteiger partial charge in [0.05, 0.1) is 0 Å². The predicted molar refractivity (Wildman–Crippen MR) is 55.5 cm³/mol. The van der Waals surface area contributed by atoms with Gasteiger partial charge in [-0.05, 0) is 26.2 Å². The summed E-state index contributed by atoms with van der Waals surface area (Å²) in [7, 11) is 0. The van der Waals surface area contributed by atoms with E-state index in [1.165, 1.54) is 6.42 Å². The van der Waals surface area contributed by atoms with E-state index < -0.39 is 0 Å². The van der Waals surface area contributed by atoms with E-state index in [9.17, 15) is 4.79 Å². The van der Waals surface area contributed by atoms with Crippen LogP contribution in [0.1, 0.15) is 49.6 Å². The molecule has 1 aliphatic carbocycles. The summed E-state index contributed by atoms with van der Waals surface area (Å²) < 4.78 is 0. The minimum absolute atomic E-state index is 0.0376. The van der Waals surface area contributed by atoms with Crippen molar-refractivity contribution in [1.82, 2.24) is 20.5 Å². The summed E-state index contributed by atoms with van der Waals surface area (Å²) in [6.45, 7) is 4.03. The molecule has 0 bridgehead atoms. The smallest absolute Gasteiger partial charge is 0.291 e. The molecule has 1 heterocycles. The molecule has 1 aromatic rings. The van der Waals surface area contributed by atoms with Crippen molar-refractivity contribution >= 4 is 5.91 Å². The van der Waals surface area contributed by atoms with Gasteiger partial charge in [0.15, 0.2) is 0 Å². The number of H-pyrrole nitrogens is 1. The Balaban J connectivity index is 2.01. The maximum atomic E-state index is 11.7. The van der Waals surface area contributed by atoms with Gasteiger partial charge in [-0.3, -0.25) is 9.89 Å². The Morgan fingerprint density at radius 3 is 2.80 bits per heavy atom. The van der Waals surface area contributed by atoms with Crippen molar-refractivity contribution in [3.8, 4) is 0 Å². The van der Waals surface area contributed by atoms with E-state index in [4.69, 9.17) is 0 Å². The highest BCUT2D eigenvalue weighted by atomic mass is 16.2. The van der Waals surface area contributed by atoms with E-state index in [0.29, 0.717) is 0 Å². The zero-order valence-corrected chi connectivity index (χ0v) is 9.13. The van der Waals surface area contributed by atoms with Crippen LogP contribution in [0.15, 0.2) is 0 Å². The molecule has 0 radical (unpaired) electrons. The second-order valence-corrected chi connectivity index (χ2v) is 4.33. The lowest BCUT2D eigenvalue weighted by atomic mass is 9.78. The van der Waals surface area contributed by atoms with E-state index >= 15 is 0 Å². The van der Waals surface area contributed by atoms with E-state index in [-0.39, 0.29) is 17.3 Å². The van der Waals surface area contributed by atoms with Gasteiger partial charge in [0.1, 0.15) is 5.82 Å². The second kappa shape index (κ2) is 3.64. The maximum Gasteiger partial charge on any atom is 0.291 e. The molecule has 15 heavy (non-hydrogen) atoms. The number of amides is 1. The fraction of sp³-hybridized carbons (Fsp3) is 0.700. The van der Waals surface area contributed by atoms with Crippen LogP contribution in [0.25, 0.3) is 0 Å². The molecule has 0 aromatic carbocycles. The molecule has 0 unspecified atom stereocenters. The van der Waals surface area contributed by atoms with E-state index in [1.807, 2.05) is 6.92 Å². The Morgan fingerprint density at radius 1 is 1.60 bits per heavy atom. The number of hydrogen-bond donors (Lipinski definition) is 2. The summed E-state index contributed by atoms with van der Waals surface area (Å²) in [6, 6.07) is 0. The van der Waals surface area contributed by atoms with Crippen LogP contribution in [-0.4, -0.2) is 26.6 Å². The van der Waals surface area contributed by atoms with Crippen molar-refractivity contribution in [3.05, 3.63) is 11.6 Å². The number of hydrogen-bond acceptors (Lipinski definition) is 3. The molecule has 2 N–H and O–H groups in total. The SMILES string of the molecule is CCc1nc(C(=O)NC2(C)CCC2)n[nH]1. The molecule has 1 saturated carbocycles. The van der Waals surface area contributed by atoms with Crippen LogP contribution in [0.3, 0.4) is 0 Å². The number of carbonyl (C=O) groups is 1. The summed E-state index contributed by atoms with van der Waals surface area (Å²) in [5.41, 5.74) is -0.0376. The quantitative estimate of drug-likeness (QED) is 0.779. The molecular weight excluding hydrogens is 192 g/mol. The molecule has 1 aliphatic rings. The maximum absolute atomic E-state index is 11.7. The summed E-state index contributed by atoms with van der Waals surface area (Å²) in [5.74, 6) is 0.826. The first kappa shape index (κ1) is 10.1. The zero-order chi connectivity index (χ0) is 10.9. The van der Waals surface area contributed by atoms with Crippen molar-refractivity contribution in [1.29, 1.82) is 0 Å². The van der Waals surface area contributed by atoms with Gasteiger partial charge in [-0.25, -0.2) is 4.98 Å². The molecule has 5 heteroatoms. The van der Waals surface area contributed by atoms with Crippen LogP contribution < -0.4 is 5.32 Å². The highest BCUT2D eigenvalue weighted by molar-refractivity contribution is 5.90. The van der Waals surface area contributed by atoms with E-state index in [0.717, 1.165) is 25.1 Å². The highest BCUT2D eigenvalue weighted by Crippen LogP contribution is 2.30. The third-order valence-electron chi connectivity index (χ3n) is 2.94. The molecule has 1 fully saturated rings. The lowest BCUT2D eigenvalue weighted by Crippen LogP contribution is -2.51. The number of carbonyl (C=O) groups excluding carboxylic acids is 1. The lowest BCUT2D eigenvalue weighted by molar-refractivity contribution is 0.0840. The first-order valence-corrected chi connectivity index (χ1v) is 5.37. The molecule has 1 aromatic heterocycles. The summed E-state index contributed by atoms with van der Waals surface area (Å²) in [6.07, 6.45) is 4.04. The van der Waals surface area contributed by atoms with Gasteiger partial charge in [-0.15, -0.1) is 5.10 Å². The Labute approximate surface area is 88.7 Å². The Morgan fingerprint density at radius 2 is 2.33 bits per heavy atom. The number of rotatable bonds is 3. The monoisotopic (exact) mass is 208 g/mol. The average Bonchev–Trinajstić information content (AvgIpc) is 2.63. The Bertz CT molecular complexity index is 367. The molecule has 5 nitrogen and oxygen atoms in total. The fourth-order valence-corrected chi connectivity index (χ4v) is 1.72. The molecule has 0 atom stereocenters. The number of nitrogens with zero attached hydrogens (tertiary/aromatic N) is 2. The number of nitrogens with one attached hydrogen (secondary N) is 2. The molecular formula is C10H16N4O. The van der Waals surface area contributed by atoms with E-state index in [1.54, 1.807) is 0 Å². The highest BCUT2D eigenvalue weighted by Gasteiger charge is 2.34. The minimum atomic E-state index is -0.173. The van der Waals surface area contributed by atoms with Gasteiger partial charge in [0, 0.05) is 12.0 Å². The summed E-state index contributed by atoms with van der Waals surface area (Å²) in [4.78, 5) is 15.8. The van der Waals surface area contributed by atoms with Crippen molar-refractivity contribution < 1.29 is 4.79 Å². The van der Waals surface area contributed by atoms with Crippen LogP contribution >= 0.6 is 0 Å². The van der Waals surface area contributed by atoms with E-state index in [2.05, 4.69) is 27.4 Å². The number of aryl methyl sites for hydroxylation is 1. The Hall–Kier alpha value is -1.39. The van der Waals surface area contributed by atoms with Crippen LogP contribution in [-0.2, 0) is 6.42 Å².